The highest BCUT2D eigenvalue weighted by atomic mass is 16.1. The maximum atomic E-state index is 13.6. The molecule has 0 heterocycles. The molecular formula is C34H52O4. The molecule has 0 N–H and O–H groups in total. The molecule has 0 saturated carbocycles. The Morgan fingerprint density at radius 3 is 2.32 bits per heavy atom. The quantitative estimate of drug-likeness (QED) is 0.152. The van der Waals surface area contributed by atoms with Crippen LogP contribution in [0, 0.1) is 24.7 Å². The largest absolute Gasteiger partial charge is 0.300 e. The van der Waals surface area contributed by atoms with Gasteiger partial charge in [0.15, 0.2) is 5.78 Å². The van der Waals surface area contributed by atoms with Gasteiger partial charge in [0.05, 0.1) is 6.42 Å². The van der Waals surface area contributed by atoms with E-state index in [1.165, 1.54) is 23.6 Å². The highest BCUT2D eigenvalue weighted by molar-refractivity contribution is 6.01. The summed E-state index contributed by atoms with van der Waals surface area (Å²) in [7, 11) is 0. The van der Waals surface area contributed by atoms with Crippen molar-refractivity contribution in [1.82, 2.24) is 0 Å². The third-order valence-electron chi connectivity index (χ3n) is 8.64. The molecular weight excluding hydrogens is 472 g/mol. The molecule has 212 valence electrons. The van der Waals surface area contributed by atoms with Gasteiger partial charge in [-0.25, -0.2) is 0 Å². The molecule has 0 spiro atoms. The molecule has 0 aromatic heterocycles. The Labute approximate surface area is 231 Å². The molecule has 0 radical (unpaired) electrons. The Kier molecular flexibility index (Phi) is 13.1. The molecule has 2 rings (SSSR count). The number of benzene rings is 1. The molecule has 1 aromatic rings. The molecule has 1 aliphatic carbocycles. The number of aryl methyl sites for hydroxylation is 1. The first-order valence-corrected chi connectivity index (χ1v) is 15.3. The van der Waals surface area contributed by atoms with Crippen LogP contribution in [0.1, 0.15) is 151 Å². The summed E-state index contributed by atoms with van der Waals surface area (Å²) in [6, 6.07) is 2.35. The summed E-state index contributed by atoms with van der Waals surface area (Å²) in [5, 5.41) is 0. The van der Waals surface area contributed by atoms with Gasteiger partial charge in [-0.3, -0.25) is 19.2 Å². The lowest BCUT2D eigenvalue weighted by Gasteiger charge is -2.33. The van der Waals surface area contributed by atoms with Crippen molar-refractivity contribution in [2.45, 2.75) is 138 Å². The number of unbranched alkanes of at least 4 members (excludes halogenated alkanes) is 2. The van der Waals surface area contributed by atoms with Crippen LogP contribution in [0.5, 0.6) is 0 Å². The van der Waals surface area contributed by atoms with Crippen LogP contribution in [0.2, 0.25) is 0 Å². The fourth-order valence-corrected chi connectivity index (χ4v) is 6.65. The number of carbonyl (C=O) groups is 4. The van der Waals surface area contributed by atoms with E-state index < -0.39 is 0 Å². The zero-order valence-electron chi connectivity index (χ0n) is 25.2. The van der Waals surface area contributed by atoms with E-state index in [-0.39, 0.29) is 41.5 Å². The van der Waals surface area contributed by atoms with E-state index in [0.717, 1.165) is 68.9 Å². The predicted molar refractivity (Wildman–Crippen MR) is 156 cm³/mol. The van der Waals surface area contributed by atoms with E-state index in [1.807, 2.05) is 6.92 Å². The maximum absolute atomic E-state index is 13.6. The number of carbonyl (C=O) groups excluding carboxylic acids is 4. The second kappa shape index (κ2) is 15.5. The minimum atomic E-state index is -0.100. The number of fused-ring (bicyclic) bond motifs is 1. The molecule has 0 amide bonds. The van der Waals surface area contributed by atoms with Crippen LogP contribution < -0.4 is 0 Å². The first-order valence-electron chi connectivity index (χ1n) is 15.3. The lowest BCUT2D eigenvalue weighted by molar-refractivity contribution is -0.130. The fourth-order valence-electron chi connectivity index (χ4n) is 6.65. The average Bonchev–Trinajstić information content (AvgIpc) is 2.84. The number of hydrogen-bond donors (Lipinski definition) is 0. The zero-order valence-corrected chi connectivity index (χ0v) is 25.2. The minimum Gasteiger partial charge on any atom is -0.300 e. The Balaban J connectivity index is 2.25. The smallest absolute Gasteiger partial charge is 0.163 e. The molecule has 4 nitrogen and oxygen atoms in total. The van der Waals surface area contributed by atoms with Crippen molar-refractivity contribution < 1.29 is 19.2 Å². The lowest BCUT2D eigenvalue weighted by atomic mass is 9.70. The first kappa shape index (κ1) is 32.1. The Hall–Kier alpha value is -2.10. The molecule has 38 heavy (non-hydrogen) atoms. The minimum absolute atomic E-state index is 0.0273. The number of rotatable bonds is 17. The standard InChI is InChI=1S/C34H52O4/c1-8-14-27(29(10-3)32(37)17-23(6)35)18-25-19-31-30(22(4)5)21-26(24(7)34(31)33(38)20-25)15-12-11-13-16-28(36)9-2/h21-22,25,27,29H,8-20H2,1-7H3. The van der Waals surface area contributed by atoms with E-state index >= 15 is 0 Å². The highest BCUT2D eigenvalue weighted by Gasteiger charge is 2.34. The van der Waals surface area contributed by atoms with Crippen molar-refractivity contribution >= 4 is 23.1 Å². The van der Waals surface area contributed by atoms with Crippen molar-refractivity contribution in [3.05, 3.63) is 33.9 Å². The normalized spacial score (nSPS) is 16.8. The fraction of sp³-hybridized carbons (Fsp3) is 0.706. The zero-order chi connectivity index (χ0) is 28.4. The van der Waals surface area contributed by atoms with Gasteiger partial charge in [-0.1, -0.05) is 59.9 Å². The van der Waals surface area contributed by atoms with Crippen LogP contribution in [-0.2, 0) is 27.2 Å². The van der Waals surface area contributed by atoms with Crippen molar-refractivity contribution in [2.24, 2.45) is 17.8 Å². The van der Waals surface area contributed by atoms with Crippen LogP contribution in [0.15, 0.2) is 6.07 Å². The molecule has 3 atom stereocenters. The van der Waals surface area contributed by atoms with E-state index in [0.29, 0.717) is 31.0 Å². The summed E-state index contributed by atoms with van der Waals surface area (Å²) < 4.78 is 0. The summed E-state index contributed by atoms with van der Waals surface area (Å²) in [5.41, 5.74) is 5.91. The van der Waals surface area contributed by atoms with E-state index in [4.69, 9.17) is 0 Å². The van der Waals surface area contributed by atoms with Gasteiger partial charge in [-0.2, -0.15) is 0 Å². The summed E-state index contributed by atoms with van der Waals surface area (Å²) in [6.07, 6.45) is 10.3. The van der Waals surface area contributed by atoms with Crippen LogP contribution in [-0.4, -0.2) is 23.1 Å². The lowest BCUT2D eigenvalue weighted by Crippen LogP contribution is -2.30. The SMILES string of the molecule is CCCC(CC1CC(=O)c2c(C)c(CCCCCC(=O)CC)cc(C(C)C)c2C1)C(CC)C(=O)CC(C)=O. The maximum Gasteiger partial charge on any atom is 0.163 e. The highest BCUT2D eigenvalue weighted by Crippen LogP contribution is 2.40. The Bertz CT molecular complexity index is 987. The van der Waals surface area contributed by atoms with E-state index in [9.17, 15) is 19.2 Å². The van der Waals surface area contributed by atoms with Crippen molar-refractivity contribution in [1.29, 1.82) is 0 Å². The molecule has 3 unspecified atom stereocenters. The summed E-state index contributed by atoms with van der Waals surface area (Å²) in [5.74, 6) is 1.30. The van der Waals surface area contributed by atoms with Crippen molar-refractivity contribution in [3.63, 3.8) is 0 Å². The van der Waals surface area contributed by atoms with Gasteiger partial charge in [-0.15, -0.1) is 0 Å². The molecule has 1 aliphatic rings. The topological polar surface area (TPSA) is 68.3 Å². The first-order chi connectivity index (χ1) is 18.0. The second-order valence-electron chi connectivity index (χ2n) is 12.1. The number of hydrogen-bond acceptors (Lipinski definition) is 4. The molecule has 0 bridgehead atoms. The monoisotopic (exact) mass is 524 g/mol. The summed E-state index contributed by atoms with van der Waals surface area (Å²) in [6.45, 7) is 14.2. The molecule has 0 aliphatic heterocycles. The molecule has 0 saturated heterocycles. The molecule has 4 heteroatoms. The van der Waals surface area contributed by atoms with Gasteiger partial charge >= 0.3 is 0 Å². The summed E-state index contributed by atoms with van der Waals surface area (Å²) >= 11 is 0. The van der Waals surface area contributed by atoms with E-state index in [2.05, 4.69) is 40.7 Å². The number of ketones is 4. The Morgan fingerprint density at radius 2 is 1.74 bits per heavy atom. The van der Waals surface area contributed by atoms with Crippen molar-refractivity contribution in [3.8, 4) is 0 Å². The molecule has 1 aromatic carbocycles. The number of Topliss-reactive ketones (excluding diaryl/α,β-unsaturated/α-hetero) is 4. The summed E-state index contributed by atoms with van der Waals surface area (Å²) in [4.78, 5) is 49.8. The van der Waals surface area contributed by atoms with Gasteiger partial charge in [0.1, 0.15) is 17.3 Å². The van der Waals surface area contributed by atoms with Gasteiger partial charge in [0.2, 0.25) is 0 Å². The van der Waals surface area contributed by atoms with Crippen LogP contribution in [0.4, 0.5) is 0 Å². The third kappa shape index (κ3) is 8.71. The van der Waals surface area contributed by atoms with E-state index in [1.54, 1.807) is 0 Å². The van der Waals surface area contributed by atoms with Crippen LogP contribution in [0.3, 0.4) is 0 Å². The Morgan fingerprint density at radius 1 is 1.03 bits per heavy atom. The van der Waals surface area contributed by atoms with Crippen molar-refractivity contribution in [2.75, 3.05) is 0 Å². The average molecular weight is 525 g/mol. The van der Waals surface area contributed by atoms with Gasteiger partial charge in [0, 0.05) is 30.7 Å². The van der Waals surface area contributed by atoms with Gasteiger partial charge < -0.3 is 0 Å². The third-order valence-corrected chi connectivity index (χ3v) is 8.64. The van der Waals surface area contributed by atoms with Crippen LogP contribution >= 0.6 is 0 Å². The second-order valence-corrected chi connectivity index (χ2v) is 12.1. The van der Waals surface area contributed by atoms with Gasteiger partial charge in [0.25, 0.3) is 0 Å². The molecule has 0 fully saturated rings. The predicted octanol–water partition coefficient (Wildman–Crippen LogP) is 8.33. The van der Waals surface area contributed by atoms with Gasteiger partial charge in [-0.05, 0) is 92.4 Å². The van der Waals surface area contributed by atoms with Crippen LogP contribution in [0.25, 0.3) is 0 Å².